The number of likely N-dealkylation sites (tertiary alicyclic amines) is 1. The van der Waals surface area contributed by atoms with Crippen LogP contribution >= 0.6 is 0 Å². The van der Waals surface area contributed by atoms with E-state index in [0.29, 0.717) is 29.3 Å². The Balaban J connectivity index is 1.51. The maximum atomic E-state index is 13.2. The molecular weight excluding hydrogens is 372 g/mol. The van der Waals surface area contributed by atoms with Crippen LogP contribution in [0, 0.1) is 13.8 Å². The quantitative estimate of drug-likeness (QED) is 0.658. The number of amides is 2. The summed E-state index contributed by atoms with van der Waals surface area (Å²) in [5.74, 6) is 0.110. The van der Waals surface area contributed by atoms with Gasteiger partial charge in [0.1, 0.15) is 0 Å². The highest BCUT2D eigenvalue weighted by Crippen LogP contribution is 2.29. The minimum absolute atomic E-state index is 0.0376. The van der Waals surface area contributed by atoms with Crippen molar-refractivity contribution < 1.29 is 9.59 Å². The summed E-state index contributed by atoms with van der Waals surface area (Å²) in [4.78, 5) is 27.9. The number of carbonyl (C=O) groups is 2. The monoisotopic (exact) mass is 398 g/mol. The molecule has 0 radical (unpaired) electrons. The van der Waals surface area contributed by atoms with Gasteiger partial charge >= 0.3 is 0 Å². The first-order valence-corrected chi connectivity index (χ1v) is 10.3. The zero-order chi connectivity index (χ0) is 21.1. The molecule has 0 spiro atoms. The van der Waals surface area contributed by atoms with Gasteiger partial charge < -0.3 is 10.2 Å². The fraction of sp³-hybridized carbons (Fsp3) is 0.231. The Hall–Kier alpha value is -3.40. The van der Waals surface area contributed by atoms with Crippen LogP contribution in [0.1, 0.15) is 49.7 Å². The number of nitrogens with zero attached hydrogens (tertiary/aromatic N) is 1. The lowest BCUT2D eigenvalue weighted by Gasteiger charge is -2.19. The number of rotatable bonds is 4. The molecule has 4 heteroatoms. The summed E-state index contributed by atoms with van der Waals surface area (Å²) < 4.78 is 0. The van der Waals surface area contributed by atoms with Gasteiger partial charge in [-0.1, -0.05) is 48.5 Å². The van der Waals surface area contributed by atoms with E-state index >= 15 is 0 Å². The summed E-state index contributed by atoms with van der Waals surface area (Å²) in [6.45, 7) is 5.42. The molecule has 1 aliphatic rings. The van der Waals surface area contributed by atoms with E-state index in [1.54, 1.807) is 12.1 Å². The fourth-order valence-corrected chi connectivity index (χ4v) is 3.97. The van der Waals surface area contributed by atoms with E-state index in [0.717, 1.165) is 24.1 Å². The molecular formula is C26H26N2O2. The van der Waals surface area contributed by atoms with E-state index in [2.05, 4.69) is 17.4 Å². The Morgan fingerprint density at radius 2 is 1.63 bits per heavy atom. The van der Waals surface area contributed by atoms with Gasteiger partial charge in [-0.15, -0.1) is 0 Å². The molecule has 1 saturated heterocycles. The fourth-order valence-electron chi connectivity index (χ4n) is 3.97. The van der Waals surface area contributed by atoms with Gasteiger partial charge in [-0.2, -0.15) is 0 Å². The molecule has 1 unspecified atom stereocenters. The van der Waals surface area contributed by atoms with Crippen molar-refractivity contribution >= 4 is 17.5 Å². The van der Waals surface area contributed by atoms with Crippen molar-refractivity contribution in [2.75, 3.05) is 18.4 Å². The van der Waals surface area contributed by atoms with Gasteiger partial charge in [-0.05, 0) is 61.2 Å². The molecule has 1 atom stereocenters. The van der Waals surface area contributed by atoms with Gasteiger partial charge in [0, 0.05) is 24.6 Å². The summed E-state index contributed by atoms with van der Waals surface area (Å²) in [6, 6.07) is 23.2. The molecule has 4 nitrogen and oxygen atoms in total. The largest absolute Gasteiger partial charge is 0.338 e. The van der Waals surface area contributed by atoms with Gasteiger partial charge in [0.2, 0.25) is 0 Å². The SMILES string of the molecule is Cc1ccc(C(=O)Nc2ccccc2C(=O)N2CCC(c3ccccc3)C2)cc1C. The molecule has 0 aliphatic carbocycles. The van der Waals surface area contributed by atoms with E-state index in [1.165, 1.54) is 5.56 Å². The molecule has 0 aromatic heterocycles. The summed E-state index contributed by atoms with van der Waals surface area (Å²) in [6.07, 6.45) is 0.951. The molecule has 1 heterocycles. The number of nitrogens with one attached hydrogen (secondary N) is 1. The number of aryl methyl sites for hydroxylation is 2. The molecule has 2 amide bonds. The van der Waals surface area contributed by atoms with Crippen LogP contribution in [0.4, 0.5) is 5.69 Å². The van der Waals surface area contributed by atoms with Crippen molar-refractivity contribution in [2.24, 2.45) is 0 Å². The Kier molecular flexibility index (Phi) is 5.66. The Labute approximate surface area is 177 Å². The normalized spacial score (nSPS) is 15.8. The van der Waals surface area contributed by atoms with Crippen LogP contribution < -0.4 is 5.32 Å². The Bertz CT molecular complexity index is 1080. The minimum atomic E-state index is -0.207. The maximum Gasteiger partial charge on any atom is 0.255 e. The first-order chi connectivity index (χ1) is 14.5. The highest BCUT2D eigenvalue weighted by Gasteiger charge is 2.29. The topological polar surface area (TPSA) is 49.4 Å². The van der Waals surface area contributed by atoms with Crippen LogP contribution in [0.25, 0.3) is 0 Å². The zero-order valence-corrected chi connectivity index (χ0v) is 17.4. The molecule has 30 heavy (non-hydrogen) atoms. The second-order valence-electron chi connectivity index (χ2n) is 7.95. The summed E-state index contributed by atoms with van der Waals surface area (Å²) >= 11 is 0. The van der Waals surface area contributed by atoms with Crippen molar-refractivity contribution in [3.8, 4) is 0 Å². The van der Waals surface area contributed by atoms with Crippen molar-refractivity contribution in [1.29, 1.82) is 0 Å². The zero-order valence-electron chi connectivity index (χ0n) is 17.4. The van der Waals surface area contributed by atoms with E-state index in [4.69, 9.17) is 0 Å². The molecule has 1 N–H and O–H groups in total. The highest BCUT2D eigenvalue weighted by molar-refractivity contribution is 6.09. The first kappa shape index (κ1) is 19.9. The van der Waals surface area contributed by atoms with E-state index in [1.807, 2.05) is 67.3 Å². The third-order valence-electron chi connectivity index (χ3n) is 5.92. The molecule has 0 saturated carbocycles. The molecule has 0 bridgehead atoms. The number of hydrogen-bond donors (Lipinski definition) is 1. The van der Waals surface area contributed by atoms with Gasteiger partial charge in [0.25, 0.3) is 11.8 Å². The lowest BCUT2D eigenvalue weighted by atomic mass is 9.99. The second kappa shape index (κ2) is 8.54. The predicted molar refractivity (Wildman–Crippen MR) is 120 cm³/mol. The number of anilines is 1. The maximum absolute atomic E-state index is 13.2. The summed E-state index contributed by atoms with van der Waals surface area (Å²) in [5, 5.41) is 2.93. The van der Waals surface area contributed by atoms with Crippen LogP contribution in [-0.2, 0) is 0 Å². The van der Waals surface area contributed by atoms with Crippen molar-refractivity contribution in [3.63, 3.8) is 0 Å². The highest BCUT2D eigenvalue weighted by atomic mass is 16.2. The minimum Gasteiger partial charge on any atom is -0.338 e. The number of para-hydroxylation sites is 1. The third-order valence-corrected chi connectivity index (χ3v) is 5.92. The lowest BCUT2D eigenvalue weighted by Crippen LogP contribution is -2.29. The van der Waals surface area contributed by atoms with Gasteiger partial charge in [-0.25, -0.2) is 0 Å². The molecule has 1 fully saturated rings. The average molecular weight is 399 g/mol. The molecule has 4 rings (SSSR count). The number of carbonyl (C=O) groups excluding carboxylic acids is 2. The van der Waals surface area contributed by atoms with Crippen molar-refractivity contribution in [3.05, 3.63) is 101 Å². The molecule has 3 aromatic carbocycles. The van der Waals surface area contributed by atoms with Crippen LogP contribution in [-0.4, -0.2) is 29.8 Å². The standard InChI is InChI=1S/C26H26N2O2/c1-18-12-13-21(16-19(18)2)25(29)27-24-11-7-6-10-23(24)26(30)28-15-14-22(17-28)20-8-4-3-5-9-20/h3-13,16,22H,14-15,17H2,1-2H3,(H,27,29). The lowest BCUT2D eigenvalue weighted by molar-refractivity contribution is 0.0792. The Morgan fingerprint density at radius 1 is 0.900 bits per heavy atom. The average Bonchev–Trinajstić information content (AvgIpc) is 3.26. The molecule has 3 aromatic rings. The summed E-state index contributed by atoms with van der Waals surface area (Å²) in [5.41, 5.74) is 5.15. The van der Waals surface area contributed by atoms with Crippen molar-refractivity contribution in [1.82, 2.24) is 4.90 Å². The first-order valence-electron chi connectivity index (χ1n) is 10.3. The van der Waals surface area contributed by atoms with Crippen LogP contribution in [0.2, 0.25) is 0 Å². The second-order valence-corrected chi connectivity index (χ2v) is 7.95. The number of hydrogen-bond acceptors (Lipinski definition) is 2. The van der Waals surface area contributed by atoms with Gasteiger partial charge in [0.15, 0.2) is 0 Å². The van der Waals surface area contributed by atoms with Crippen LogP contribution in [0.5, 0.6) is 0 Å². The smallest absolute Gasteiger partial charge is 0.255 e. The molecule has 1 aliphatic heterocycles. The summed E-state index contributed by atoms with van der Waals surface area (Å²) in [7, 11) is 0. The van der Waals surface area contributed by atoms with Crippen molar-refractivity contribution in [2.45, 2.75) is 26.2 Å². The van der Waals surface area contributed by atoms with E-state index < -0.39 is 0 Å². The van der Waals surface area contributed by atoms with E-state index in [9.17, 15) is 9.59 Å². The Morgan fingerprint density at radius 3 is 2.40 bits per heavy atom. The van der Waals surface area contributed by atoms with E-state index in [-0.39, 0.29) is 11.8 Å². The van der Waals surface area contributed by atoms with Gasteiger partial charge in [0.05, 0.1) is 11.3 Å². The third kappa shape index (κ3) is 4.13. The van der Waals surface area contributed by atoms with Crippen LogP contribution in [0.3, 0.4) is 0 Å². The number of benzene rings is 3. The van der Waals surface area contributed by atoms with Crippen LogP contribution in [0.15, 0.2) is 72.8 Å². The van der Waals surface area contributed by atoms with Gasteiger partial charge in [-0.3, -0.25) is 9.59 Å². The predicted octanol–water partition coefficient (Wildman–Crippen LogP) is 5.19. The molecule has 152 valence electrons.